The standard InChI is InChI=1S/C24H28N2O6/c1-24(23(28)25-14-16-4-5-20-21(10-16)32-15-31-20)6-8-26(9-7-24)22(27)17-11-18(29-2)13-19(12-17)30-3/h4-5,10-13H,6-9,14-15H2,1-3H3,(H,25,28). The normalized spacial score (nSPS) is 16.4. The first-order valence-corrected chi connectivity index (χ1v) is 10.6. The first-order chi connectivity index (χ1) is 15.4. The highest BCUT2D eigenvalue weighted by atomic mass is 16.7. The number of benzene rings is 2. The van der Waals surface area contributed by atoms with E-state index in [0.717, 1.165) is 11.3 Å². The van der Waals surface area contributed by atoms with Crippen molar-refractivity contribution in [3.8, 4) is 23.0 Å². The molecular weight excluding hydrogens is 412 g/mol. The third kappa shape index (κ3) is 4.44. The van der Waals surface area contributed by atoms with Gasteiger partial charge in [0.15, 0.2) is 11.5 Å². The molecule has 0 atom stereocenters. The quantitative estimate of drug-likeness (QED) is 0.743. The van der Waals surface area contributed by atoms with Crippen LogP contribution < -0.4 is 24.3 Å². The first-order valence-electron chi connectivity index (χ1n) is 10.6. The van der Waals surface area contributed by atoms with Crippen LogP contribution in [0.15, 0.2) is 36.4 Å². The maximum Gasteiger partial charge on any atom is 0.254 e. The Labute approximate surface area is 187 Å². The Morgan fingerprint density at radius 2 is 1.66 bits per heavy atom. The molecule has 0 radical (unpaired) electrons. The van der Waals surface area contributed by atoms with E-state index in [9.17, 15) is 9.59 Å². The summed E-state index contributed by atoms with van der Waals surface area (Å²) in [5.41, 5.74) is 0.932. The van der Waals surface area contributed by atoms with Crippen molar-refractivity contribution in [1.29, 1.82) is 0 Å². The zero-order valence-electron chi connectivity index (χ0n) is 18.6. The van der Waals surface area contributed by atoms with Gasteiger partial charge < -0.3 is 29.2 Å². The van der Waals surface area contributed by atoms with E-state index in [1.807, 2.05) is 25.1 Å². The number of carbonyl (C=O) groups excluding carboxylic acids is 2. The Morgan fingerprint density at radius 1 is 1.00 bits per heavy atom. The predicted octanol–water partition coefficient (Wildman–Crippen LogP) is 2.99. The van der Waals surface area contributed by atoms with Gasteiger partial charge in [0.25, 0.3) is 5.91 Å². The molecule has 1 N–H and O–H groups in total. The number of nitrogens with zero attached hydrogens (tertiary/aromatic N) is 1. The average molecular weight is 440 g/mol. The van der Waals surface area contributed by atoms with Gasteiger partial charge in [-0.05, 0) is 42.7 Å². The lowest BCUT2D eigenvalue weighted by molar-refractivity contribution is -0.132. The number of methoxy groups -OCH3 is 2. The number of hydrogen-bond donors (Lipinski definition) is 1. The number of amides is 2. The summed E-state index contributed by atoms with van der Waals surface area (Å²) in [4.78, 5) is 27.7. The number of piperidine rings is 1. The van der Waals surface area contributed by atoms with E-state index in [0.29, 0.717) is 55.3 Å². The van der Waals surface area contributed by atoms with Crippen molar-refractivity contribution in [2.24, 2.45) is 5.41 Å². The fourth-order valence-corrected chi connectivity index (χ4v) is 3.99. The highest BCUT2D eigenvalue weighted by molar-refractivity contribution is 5.95. The molecule has 2 amide bonds. The highest BCUT2D eigenvalue weighted by Crippen LogP contribution is 2.34. The molecule has 2 aliphatic rings. The summed E-state index contributed by atoms with van der Waals surface area (Å²) in [6.07, 6.45) is 1.18. The van der Waals surface area contributed by atoms with Crippen LogP contribution in [0, 0.1) is 5.41 Å². The second-order valence-electron chi connectivity index (χ2n) is 8.32. The largest absolute Gasteiger partial charge is 0.497 e. The Balaban J connectivity index is 1.34. The molecule has 170 valence electrons. The van der Waals surface area contributed by atoms with Crippen molar-refractivity contribution in [1.82, 2.24) is 10.2 Å². The monoisotopic (exact) mass is 440 g/mol. The molecule has 8 heteroatoms. The Kier molecular flexibility index (Phi) is 6.12. The maximum absolute atomic E-state index is 13.0. The van der Waals surface area contributed by atoms with Crippen molar-refractivity contribution in [3.63, 3.8) is 0 Å². The van der Waals surface area contributed by atoms with Gasteiger partial charge in [-0.15, -0.1) is 0 Å². The maximum atomic E-state index is 13.0. The number of carbonyl (C=O) groups is 2. The molecule has 0 saturated carbocycles. The number of nitrogens with one attached hydrogen (secondary N) is 1. The van der Waals surface area contributed by atoms with Crippen molar-refractivity contribution in [3.05, 3.63) is 47.5 Å². The minimum atomic E-state index is -0.529. The summed E-state index contributed by atoms with van der Waals surface area (Å²) < 4.78 is 21.3. The molecule has 0 aromatic heterocycles. The lowest BCUT2D eigenvalue weighted by Gasteiger charge is -2.38. The smallest absolute Gasteiger partial charge is 0.254 e. The minimum absolute atomic E-state index is 0.00897. The van der Waals surface area contributed by atoms with E-state index in [2.05, 4.69) is 5.32 Å². The van der Waals surface area contributed by atoms with Crippen LogP contribution in [0.25, 0.3) is 0 Å². The van der Waals surface area contributed by atoms with Gasteiger partial charge in [0, 0.05) is 36.7 Å². The van der Waals surface area contributed by atoms with Crippen LogP contribution in [0.2, 0.25) is 0 Å². The van der Waals surface area contributed by atoms with Crippen LogP contribution in [-0.4, -0.2) is 50.8 Å². The Hall–Kier alpha value is -3.42. The van der Waals surface area contributed by atoms with Gasteiger partial charge in [-0.2, -0.15) is 0 Å². The van der Waals surface area contributed by atoms with Crippen molar-refractivity contribution in [2.45, 2.75) is 26.3 Å². The van der Waals surface area contributed by atoms with Gasteiger partial charge in [0.1, 0.15) is 11.5 Å². The molecule has 8 nitrogen and oxygen atoms in total. The van der Waals surface area contributed by atoms with E-state index < -0.39 is 5.41 Å². The SMILES string of the molecule is COc1cc(OC)cc(C(=O)N2CCC(C)(C(=O)NCc3ccc4c(c3)OCO4)CC2)c1. The van der Waals surface area contributed by atoms with Gasteiger partial charge in [-0.3, -0.25) is 9.59 Å². The topological polar surface area (TPSA) is 86.3 Å². The fraction of sp³-hybridized carbons (Fsp3) is 0.417. The molecule has 0 unspecified atom stereocenters. The molecule has 4 rings (SSSR count). The summed E-state index contributed by atoms with van der Waals surface area (Å²) in [6, 6.07) is 10.8. The lowest BCUT2D eigenvalue weighted by Crippen LogP contribution is -2.48. The molecule has 2 aromatic carbocycles. The van der Waals surface area contributed by atoms with Crippen molar-refractivity contribution >= 4 is 11.8 Å². The van der Waals surface area contributed by atoms with E-state index in [1.54, 1.807) is 37.3 Å². The van der Waals surface area contributed by atoms with E-state index in [1.165, 1.54) is 0 Å². The van der Waals surface area contributed by atoms with Crippen LogP contribution >= 0.6 is 0 Å². The molecule has 0 spiro atoms. The second-order valence-corrected chi connectivity index (χ2v) is 8.32. The van der Waals surface area contributed by atoms with Gasteiger partial charge >= 0.3 is 0 Å². The number of hydrogen-bond acceptors (Lipinski definition) is 6. The van der Waals surface area contributed by atoms with E-state index in [-0.39, 0.29) is 18.6 Å². The van der Waals surface area contributed by atoms with Crippen LogP contribution in [0.1, 0.15) is 35.7 Å². The first kappa shape index (κ1) is 21.8. The summed E-state index contributed by atoms with van der Waals surface area (Å²) in [6.45, 7) is 3.61. The van der Waals surface area contributed by atoms with Gasteiger partial charge in [0.05, 0.1) is 14.2 Å². The molecule has 0 bridgehead atoms. The average Bonchev–Trinajstić information content (AvgIpc) is 3.30. The number of ether oxygens (including phenoxy) is 4. The summed E-state index contributed by atoms with van der Waals surface area (Å²) in [5.74, 6) is 2.45. The summed E-state index contributed by atoms with van der Waals surface area (Å²) in [7, 11) is 3.11. The Morgan fingerprint density at radius 3 is 2.31 bits per heavy atom. The summed E-state index contributed by atoms with van der Waals surface area (Å²) in [5, 5.41) is 3.03. The highest BCUT2D eigenvalue weighted by Gasteiger charge is 2.38. The molecule has 32 heavy (non-hydrogen) atoms. The molecule has 2 aromatic rings. The minimum Gasteiger partial charge on any atom is -0.497 e. The van der Waals surface area contributed by atoms with Gasteiger partial charge in [-0.1, -0.05) is 13.0 Å². The second kappa shape index (κ2) is 8.98. The number of fused-ring (bicyclic) bond motifs is 1. The zero-order chi connectivity index (χ0) is 22.7. The third-order valence-electron chi connectivity index (χ3n) is 6.19. The molecule has 0 aliphatic carbocycles. The fourth-order valence-electron chi connectivity index (χ4n) is 3.99. The van der Waals surface area contributed by atoms with Crippen LogP contribution in [0.4, 0.5) is 0 Å². The van der Waals surface area contributed by atoms with Crippen molar-refractivity contribution in [2.75, 3.05) is 34.1 Å². The van der Waals surface area contributed by atoms with Crippen molar-refractivity contribution < 1.29 is 28.5 Å². The molecule has 2 heterocycles. The molecule has 2 aliphatic heterocycles. The van der Waals surface area contributed by atoms with Crippen LogP contribution in [0.3, 0.4) is 0 Å². The Bertz CT molecular complexity index is 991. The molecule has 1 fully saturated rings. The lowest BCUT2D eigenvalue weighted by atomic mass is 9.79. The predicted molar refractivity (Wildman–Crippen MR) is 117 cm³/mol. The van der Waals surface area contributed by atoms with Crippen LogP contribution in [-0.2, 0) is 11.3 Å². The van der Waals surface area contributed by atoms with Crippen LogP contribution in [0.5, 0.6) is 23.0 Å². The molecular formula is C24H28N2O6. The number of likely N-dealkylation sites (tertiary alicyclic amines) is 1. The zero-order valence-corrected chi connectivity index (χ0v) is 18.6. The summed E-state index contributed by atoms with van der Waals surface area (Å²) >= 11 is 0. The van der Waals surface area contributed by atoms with Gasteiger partial charge in [0.2, 0.25) is 12.7 Å². The molecule has 1 saturated heterocycles. The number of rotatable bonds is 6. The van der Waals surface area contributed by atoms with E-state index >= 15 is 0 Å². The van der Waals surface area contributed by atoms with Gasteiger partial charge in [-0.25, -0.2) is 0 Å². The third-order valence-corrected chi connectivity index (χ3v) is 6.19. The van der Waals surface area contributed by atoms with E-state index in [4.69, 9.17) is 18.9 Å².